The number of benzene rings is 1. The van der Waals surface area contributed by atoms with Crippen molar-refractivity contribution in [3.8, 4) is 0 Å². The maximum Gasteiger partial charge on any atom is 0.335 e. The van der Waals surface area contributed by atoms with Crippen LogP contribution in [0.15, 0.2) is 24.3 Å². The molecule has 1 atom stereocenters. The van der Waals surface area contributed by atoms with Crippen LogP contribution in [0.1, 0.15) is 22.3 Å². The monoisotopic (exact) mass is 280 g/mol. The minimum atomic E-state index is -1.14. The Morgan fingerprint density at radius 3 is 2.55 bits per heavy atom. The largest absolute Gasteiger partial charge is 0.481 e. The van der Waals surface area contributed by atoms with Gasteiger partial charge in [-0.05, 0) is 24.1 Å². The Bertz CT molecular complexity index is 515. The quantitative estimate of drug-likeness (QED) is 0.549. The van der Waals surface area contributed by atoms with Crippen LogP contribution in [0.25, 0.3) is 0 Å². The molecule has 1 aromatic rings. The van der Waals surface area contributed by atoms with Crippen LogP contribution in [0.2, 0.25) is 0 Å². The van der Waals surface area contributed by atoms with Crippen molar-refractivity contribution in [1.29, 1.82) is 0 Å². The molecule has 0 saturated carbocycles. The van der Waals surface area contributed by atoms with Crippen LogP contribution in [0, 0.1) is 0 Å². The highest BCUT2D eigenvalue weighted by molar-refractivity contribution is 5.87. The fourth-order valence-electron chi connectivity index (χ4n) is 1.60. The summed E-state index contributed by atoms with van der Waals surface area (Å²) in [5.74, 6) is -2.69. The van der Waals surface area contributed by atoms with E-state index in [-0.39, 0.29) is 12.1 Å². The third-order valence-electron chi connectivity index (χ3n) is 2.62. The van der Waals surface area contributed by atoms with E-state index in [1.807, 2.05) is 0 Å². The number of nitrogens with one attached hydrogen (secondary N) is 1. The van der Waals surface area contributed by atoms with Crippen molar-refractivity contribution in [2.75, 3.05) is 6.54 Å². The Hall–Kier alpha value is -2.41. The van der Waals surface area contributed by atoms with Gasteiger partial charge >= 0.3 is 11.9 Å². The molecule has 7 heteroatoms. The number of aliphatic carboxylic acids is 1. The van der Waals surface area contributed by atoms with E-state index < -0.39 is 30.3 Å². The molecular weight excluding hydrogens is 264 g/mol. The van der Waals surface area contributed by atoms with Crippen LogP contribution in [-0.4, -0.2) is 40.6 Å². The highest BCUT2D eigenvalue weighted by atomic mass is 16.4. The number of carboxylic acids is 2. The molecule has 0 fully saturated rings. The number of aromatic carboxylic acids is 1. The molecule has 5 N–H and O–H groups in total. The zero-order chi connectivity index (χ0) is 15.1. The Balaban J connectivity index is 2.44. The molecule has 0 saturated heterocycles. The average molecular weight is 280 g/mol. The lowest BCUT2D eigenvalue weighted by Crippen LogP contribution is -2.42. The van der Waals surface area contributed by atoms with Crippen molar-refractivity contribution < 1.29 is 24.6 Å². The Morgan fingerprint density at radius 1 is 1.25 bits per heavy atom. The average Bonchev–Trinajstić information content (AvgIpc) is 2.38. The van der Waals surface area contributed by atoms with E-state index in [1.54, 1.807) is 12.1 Å². The molecule has 0 aliphatic carbocycles. The second-order valence-corrected chi connectivity index (χ2v) is 4.25. The lowest BCUT2D eigenvalue weighted by molar-refractivity contribution is -0.139. The second-order valence-electron chi connectivity index (χ2n) is 4.25. The smallest absolute Gasteiger partial charge is 0.335 e. The summed E-state index contributed by atoms with van der Waals surface area (Å²) in [5.41, 5.74) is 6.33. The Morgan fingerprint density at radius 2 is 1.95 bits per heavy atom. The first-order chi connectivity index (χ1) is 9.40. The lowest BCUT2D eigenvalue weighted by Gasteiger charge is -2.10. The molecule has 0 aliphatic rings. The summed E-state index contributed by atoms with van der Waals surface area (Å²) >= 11 is 0. The maximum atomic E-state index is 11.5. The fourth-order valence-corrected chi connectivity index (χ4v) is 1.60. The van der Waals surface area contributed by atoms with Gasteiger partial charge in [0.2, 0.25) is 5.91 Å². The predicted molar refractivity (Wildman–Crippen MR) is 70.3 cm³/mol. The zero-order valence-electron chi connectivity index (χ0n) is 10.7. The van der Waals surface area contributed by atoms with E-state index in [9.17, 15) is 14.4 Å². The molecular formula is C13H16N2O5. The standard InChI is InChI=1S/C13H16N2O5/c14-10(7-11(16)17)12(18)15-5-4-8-2-1-3-9(6-8)13(19)20/h1-3,6,10H,4-5,7,14H2,(H,15,18)(H,16,17)(H,19,20). The molecule has 0 spiro atoms. The van der Waals surface area contributed by atoms with Gasteiger partial charge in [0.05, 0.1) is 18.0 Å². The van der Waals surface area contributed by atoms with Crippen LogP contribution >= 0.6 is 0 Å². The molecule has 0 aromatic heterocycles. The third-order valence-corrected chi connectivity index (χ3v) is 2.62. The molecule has 0 radical (unpaired) electrons. The van der Waals surface area contributed by atoms with Gasteiger partial charge in [-0.3, -0.25) is 9.59 Å². The normalized spacial score (nSPS) is 11.7. The van der Waals surface area contributed by atoms with Gasteiger partial charge in [0.1, 0.15) is 0 Å². The molecule has 0 heterocycles. The number of carboxylic acid groups (broad SMARTS) is 2. The number of hydrogen-bond donors (Lipinski definition) is 4. The van der Waals surface area contributed by atoms with Gasteiger partial charge in [-0.1, -0.05) is 12.1 Å². The second kappa shape index (κ2) is 7.25. The summed E-state index contributed by atoms with van der Waals surface area (Å²) in [7, 11) is 0. The number of carbonyl (C=O) groups is 3. The predicted octanol–water partition coefficient (Wildman–Crippen LogP) is -0.154. The highest BCUT2D eigenvalue weighted by Crippen LogP contribution is 2.05. The third kappa shape index (κ3) is 5.07. The van der Waals surface area contributed by atoms with Crippen LogP contribution < -0.4 is 11.1 Å². The van der Waals surface area contributed by atoms with Gasteiger partial charge in [-0.15, -0.1) is 0 Å². The minimum absolute atomic E-state index is 0.177. The maximum absolute atomic E-state index is 11.5. The van der Waals surface area contributed by atoms with Gasteiger partial charge in [-0.2, -0.15) is 0 Å². The number of rotatable bonds is 7. The summed E-state index contributed by atoms with van der Waals surface area (Å²) in [6.45, 7) is 0.259. The number of carbonyl (C=O) groups excluding carboxylic acids is 1. The lowest BCUT2D eigenvalue weighted by atomic mass is 10.1. The van der Waals surface area contributed by atoms with E-state index >= 15 is 0 Å². The molecule has 108 valence electrons. The van der Waals surface area contributed by atoms with Crippen molar-refractivity contribution >= 4 is 17.8 Å². The highest BCUT2D eigenvalue weighted by Gasteiger charge is 2.16. The summed E-state index contributed by atoms with van der Waals surface area (Å²) in [6, 6.07) is 5.28. The topological polar surface area (TPSA) is 130 Å². The van der Waals surface area contributed by atoms with Crippen molar-refractivity contribution in [2.45, 2.75) is 18.9 Å². The zero-order valence-corrected chi connectivity index (χ0v) is 10.7. The Labute approximate surface area is 115 Å². The first kappa shape index (κ1) is 15.6. The van der Waals surface area contributed by atoms with E-state index in [0.717, 1.165) is 5.56 Å². The molecule has 1 unspecified atom stereocenters. The van der Waals surface area contributed by atoms with Crippen LogP contribution in [0.4, 0.5) is 0 Å². The molecule has 1 rings (SSSR count). The Kier molecular flexibility index (Phi) is 5.67. The number of nitrogens with two attached hydrogens (primary N) is 1. The van der Waals surface area contributed by atoms with E-state index in [0.29, 0.717) is 6.42 Å². The first-order valence-electron chi connectivity index (χ1n) is 5.97. The molecule has 0 bridgehead atoms. The van der Waals surface area contributed by atoms with Crippen LogP contribution in [0.5, 0.6) is 0 Å². The van der Waals surface area contributed by atoms with E-state index in [4.69, 9.17) is 15.9 Å². The van der Waals surface area contributed by atoms with E-state index in [2.05, 4.69) is 5.32 Å². The molecule has 1 amide bonds. The minimum Gasteiger partial charge on any atom is -0.481 e. The fraction of sp³-hybridized carbons (Fsp3) is 0.308. The SMILES string of the molecule is NC(CC(=O)O)C(=O)NCCc1cccc(C(=O)O)c1. The van der Waals surface area contributed by atoms with Crippen LogP contribution in [0.3, 0.4) is 0 Å². The molecule has 0 aliphatic heterocycles. The number of amides is 1. The van der Waals surface area contributed by atoms with Crippen molar-refractivity contribution in [3.05, 3.63) is 35.4 Å². The summed E-state index contributed by atoms with van der Waals surface area (Å²) in [6.07, 6.45) is 0.00693. The molecule has 20 heavy (non-hydrogen) atoms. The summed E-state index contributed by atoms with van der Waals surface area (Å²) < 4.78 is 0. The summed E-state index contributed by atoms with van der Waals surface area (Å²) in [4.78, 5) is 32.6. The first-order valence-corrected chi connectivity index (χ1v) is 5.97. The van der Waals surface area contributed by atoms with Crippen molar-refractivity contribution in [2.24, 2.45) is 5.73 Å². The van der Waals surface area contributed by atoms with Gasteiger partial charge in [0.15, 0.2) is 0 Å². The van der Waals surface area contributed by atoms with Crippen LogP contribution in [-0.2, 0) is 16.0 Å². The molecule has 1 aromatic carbocycles. The van der Waals surface area contributed by atoms with Crippen molar-refractivity contribution in [3.63, 3.8) is 0 Å². The van der Waals surface area contributed by atoms with Gasteiger partial charge in [-0.25, -0.2) is 4.79 Å². The number of hydrogen-bond acceptors (Lipinski definition) is 4. The molecule has 7 nitrogen and oxygen atoms in total. The summed E-state index contributed by atoms with van der Waals surface area (Å²) in [5, 5.41) is 19.9. The van der Waals surface area contributed by atoms with Gasteiger partial charge in [0.25, 0.3) is 0 Å². The van der Waals surface area contributed by atoms with E-state index in [1.165, 1.54) is 12.1 Å². The van der Waals surface area contributed by atoms with Gasteiger partial charge < -0.3 is 21.3 Å². The van der Waals surface area contributed by atoms with Gasteiger partial charge in [0, 0.05) is 6.54 Å². The van der Waals surface area contributed by atoms with Crippen molar-refractivity contribution in [1.82, 2.24) is 5.32 Å².